The summed E-state index contributed by atoms with van der Waals surface area (Å²) in [5.74, 6) is 3.77. The molecule has 1 nitrogen and oxygen atoms in total. The molecular formula is C9H12O. The van der Waals surface area contributed by atoms with E-state index in [1.807, 2.05) is 0 Å². The number of carbonyl (C=O) groups is 1. The zero-order valence-electron chi connectivity index (χ0n) is 6.05. The number of ketones is 1. The molecule has 10 heavy (non-hydrogen) atoms. The van der Waals surface area contributed by atoms with Gasteiger partial charge in [-0.2, -0.15) is 0 Å². The van der Waals surface area contributed by atoms with E-state index in [1.165, 1.54) is 19.3 Å². The van der Waals surface area contributed by atoms with Crippen molar-refractivity contribution in [1.82, 2.24) is 0 Å². The van der Waals surface area contributed by atoms with Crippen molar-refractivity contribution in [1.29, 1.82) is 0 Å². The summed E-state index contributed by atoms with van der Waals surface area (Å²) >= 11 is 0. The van der Waals surface area contributed by atoms with Gasteiger partial charge in [0, 0.05) is 12.3 Å². The lowest BCUT2D eigenvalue weighted by Crippen LogP contribution is -2.00. The van der Waals surface area contributed by atoms with Crippen LogP contribution in [0.25, 0.3) is 0 Å². The molecule has 3 aliphatic rings. The van der Waals surface area contributed by atoms with Gasteiger partial charge in [0.25, 0.3) is 0 Å². The Kier molecular flexibility index (Phi) is 0.781. The lowest BCUT2D eigenvalue weighted by Gasteiger charge is -1.91. The first-order chi connectivity index (χ1) is 4.84. The SMILES string of the molecule is O=C1C[C@H]2C[C@H]2C[C@@H]2C[C@H]12. The maximum Gasteiger partial charge on any atom is 0.136 e. The third-order valence-corrected chi connectivity index (χ3v) is 3.47. The van der Waals surface area contributed by atoms with Gasteiger partial charge >= 0.3 is 0 Å². The predicted molar refractivity (Wildman–Crippen MR) is 37.4 cm³/mol. The van der Waals surface area contributed by atoms with Crippen LogP contribution >= 0.6 is 0 Å². The molecular weight excluding hydrogens is 124 g/mol. The minimum Gasteiger partial charge on any atom is -0.299 e. The minimum atomic E-state index is 0.535. The van der Waals surface area contributed by atoms with E-state index in [-0.39, 0.29) is 0 Å². The normalized spacial score (nSPS) is 56.6. The molecule has 54 valence electrons. The molecule has 0 aromatic heterocycles. The third-order valence-electron chi connectivity index (χ3n) is 3.47. The molecule has 0 unspecified atom stereocenters. The summed E-state index contributed by atoms with van der Waals surface area (Å²) in [6.45, 7) is 0. The highest BCUT2D eigenvalue weighted by Gasteiger charge is 2.53. The van der Waals surface area contributed by atoms with Gasteiger partial charge in [0.05, 0.1) is 0 Å². The Hall–Kier alpha value is -0.330. The van der Waals surface area contributed by atoms with Crippen LogP contribution in [0, 0.1) is 23.7 Å². The van der Waals surface area contributed by atoms with Crippen LogP contribution < -0.4 is 0 Å². The Balaban J connectivity index is 1.85. The van der Waals surface area contributed by atoms with Gasteiger partial charge in [0.15, 0.2) is 0 Å². The Morgan fingerprint density at radius 2 is 1.80 bits per heavy atom. The quantitative estimate of drug-likeness (QED) is 0.494. The number of hydrogen-bond acceptors (Lipinski definition) is 1. The highest BCUT2D eigenvalue weighted by atomic mass is 16.1. The molecule has 0 radical (unpaired) electrons. The predicted octanol–water partition coefficient (Wildman–Crippen LogP) is 1.62. The van der Waals surface area contributed by atoms with Crippen molar-refractivity contribution in [3.63, 3.8) is 0 Å². The standard InChI is InChI=1S/C9H12O/c10-9-4-6-1-5(6)2-7-3-8(7)9/h5-8H,1-4H2/t5-,6+,7+,8-/m0/s1. The van der Waals surface area contributed by atoms with Gasteiger partial charge in [-0.15, -0.1) is 0 Å². The molecule has 3 rings (SSSR count). The van der Waals surface area contributed by atoms with Gasteiger partial charge in [0.1, 0.15) is 5.78 Å². The van der Waals surface area contributed by atoms with Gasteiger partial charge in [-0.25, -0.2) is 0 Å². The number of hydrogen-bond donors (Lipinski definition) is 0. The maximum atomic E-state index is 11.3. The molecule has 0 aromatic carbocycles. The third kappa shape index (κ3) is 0.609. The van der Waals surface area contributed by atoms with E-state index >= 15 is 0 Å². The van der Waals surface area contributed by atoms with Crippen LogP contribution in [-0.4, -0.2) is 5.78 Å². The zero-order chi connectivity index (χ0) is 6.72. The van der Waals surface area contributed by atoms with Gasteiger partial charge in [-0.1, -0.05) is 0 Å². The monoisotopic (exact) mass is 136 g/mol. The van der Waals surface area contributed by atoms with E-state index in [4.69, 9.17) is 0 Å². The van der Waals surface area contributed by atoms with E-state index in [2.05, 4.69) is 0 Å². The smallest absolute Gasteiger partial charge is 0.136 e. The number of fused-ring (bicyclic) bond motifs is 2. The Morgan fingerprint density at radius 3 is 2.70 bits per heavy atom. The van der Waals surface area contributed by atoms with Crippen LogP contribution in [0.5, 0.6) is 0 Å². The largest absolute Gasteiger partial charge is 0.299 e. The molecule has 0 aliphatic heterocycles. The van der Waals surface area contributed by atoms with Crippen molar-refractivity contribution < 1.29 is 4.79 Å². The fourth-order valence-electron chi connectivity index (χ4n) is 2.55. The summed E-state index contributed by atoms with van der Waals surface area (Å²) in [6, 6.07) is 0. The van der Waals surface area contributed by atoms with Crippen LogP contribution in [0.3, 0.4) is 0 Å². The Bertz CT molecular complexity index is 197. The number of carbonyl (C=O) groups excluding carboxylic acids is 1. The molecule has 3 fully saturated rings. The second-order valence-corrected chi connectivity index (χ2v) is 4.26. The summed E-state index contributed by atoms with van der Waals surface area (Å²) in [7, 11) is 0. The molecule has 3 saturated carbocycles. The first-order valence-electron chi connectivity index (χ1n) is 4.37. The van der Waals surface area contributed by atoms with Crippen LogP contribution in [0.15, 0.2) is 0 Å². The van der Waals surface area contributed by atoms with Gasteiger partial charge in [0.2, 0.25) is 0 Å². The average Bonchev–Trinajstić information content (AvgIpc) is 2.66. The fourth-order valence-corrected chi connectivity index (χ4v) is 2.55. The number of Topliss-reactive ketones (excluding diaryl/α,β-unsaturated/α-hetero) is 1. The molecule has 0 aromatic rings. The van der Waals surface area contributed by atoms with Crippen LogP contribution in [0.4, 0.5) is 0 Å². The summed E-state index contributed by atoms with van der Waals surface area (Å²) < 4.78 is 0. The van der Waals surface area contributed by atoms with Crippen molar-refractivity contribution in [2.24, 2.45) is 23.7 Å². The van der Waals surface area contributed by atoms with Gasteiger partial charge < -0.3 is 0 Å². The zero-order valence-corrected chi connectivity index (χ0v) is 6.05. The molecule has 0 bridgehead atoms. The van der Waals surface area contributed by atoms with Crippen LogP contribution in [0.2, 0.25) is 0 Å². The summed E-state index contributed by atoms with van der Waals surface area (Å²) in [5.41, 5.74) is 0. The van der Waals surface area contributed by atoms with E-state index in [0.29, 0.717) is 11.7 Å². The molecule has 0 spiro atoms. The highest BCUT2D eigenvalue weighted by molar-refractivity contribution is 5.84. The van der Waals surface area contributed by atoms with E-state index in [9.17, 15) is 4.79 Å². The van der Waals surface area contributed by atoms with Crippen molar-refractivity contribution in [2.75, 3.05) is 0 Å². The molecule has 0 amide bonds. The Morgan fingerprint density at radius 1 is 1.00 bits per heavy atom. The van der Waals surface area contributed by atoms with Crippen molar-refractivity contribution >= 4 is 5.78 Å². The molecule has 0 N–H and O–H groups in total. The molecule has 0 saturated heterocycles. The molecule has 3 aliphatic carbocycles. The summed E-state index contributed by atoms with van der Waals surface area (Å²) in [4.78, 5) is 11.3. The fraction of sp³-hybridized carbons (Fsp3) is 0.889. The topological polar surface area (TPSA) is 17.1 Å². The lowest BCUT2D eigenvalue weighted by molar-refractivity contribution is -0.120. The van der Waals surface area contributed by atoms with Gasteiger partial charge in [-0.05, 0) is 37.0 Å². The average molecular weight is 136 g/mol. The van der Waals surface area contributed by atoms with E-state index in [0.717, 1.165) is 24.2 Å². The van der Waals surface area contributed by atoms with Crippen molar-refractivity contribution in [2.45, 2.75) is 25.7 Å². The highest BCUT2D eigenvalue weighted by Crippen LogP contribution is 2.57. The first kappa shape index (κ1) is 5.34. The van der Waals surface area contributed by atoms with Crippen LogP contribution in [0.1, 0.15) is 25.7 Å². The molecule has 1 heteroatoms. The van der Waals surface area contributed by atoms with Gasteiger partial charge in [-0.3, -0.25) is 4.79 Å². The lowest BCUT2D eigenvalue weighted by atomic mass is 10.1. The maximum absolute atomic E-state index is 11.3. The summed E-state index contributed by atoms with van der Waals surface area (Å²) in [5, 5.41) is 0. The number of rotatable bonds is 0. The minimum absolute atomic E-state index is 0.535. The second-order valence-electron chi connectivity index (χ2n) is 4.26. The summed E-state index contributed by atoms with van der Waals surface area (Å²) in [6.07, 6.45) is 4.93. The Labute approximate surface area is 60.8 Å². The molecule has 0 heterocycles. The van der Waals surface area contributed by atoms with E-state index < -0.39 is 0 Å². The van der Waals surface area contributed by atoms with Crippen molar-refractivity contribution in [3.8, 4) is 0 Å². The van der Waals surface area contributed by atoms with E-state index in [1.54, 1.807) is 0 Å². The van der Waals surface area contributed by atoms with Crippen LogP contribution in [-0.2, 0) is 4.79 Å². The molecule has 4 atom stereocenters. The first-order valence-corrected chi connectivity index (χ1v) is 4.37. The second kappa shape index (κ2) is 1.46. The van der Waals surface area contributed by atoms with Crippen molar-refractivity contribution in [3.05, 3.63) is 0 Å².